The maximum absolute atomic E-state index is 14.0. The Kier molecular flexibility index (Phi) is 3.26. The molecule has 1 aromatic carbocycles. The van der Waals surface area contributed by atoms with Crippen molar-refractivity contribution in [2.75, 3.05) is 0 Å². The van der Waals surface area contributed by atoms with Crippen LogP contribution in [-0.4, -0.2) is 30.4 Å². The van der Waals surface area contributed by atoms with Crippen LogP contribution in [0.4, 0.5) is 4.39 Å². The van der Waals surface area contributed by atoms with Crippen LogP contribution in [0.3, 0.4) is 0 Å². The van der Waals surface area contributed by atoms with Crippen molar-refractivity contribution in [2.24, 2.45) is 0 Å². The average molecular weight is 285 g/mol. The molecule has 0 aliphatic carbocycles. The molecule has 0 radical (unpaired) electrons. The zero-order valence-electron chi connectivity index (χ0n) is 10.6. The van der Waals surface area contributed by atoms with Gasteiger partial charge in [-0.25, -0.2) is 4.39 Å². The van der Waals surface area contributed by atoms with Crippen molar-refractivity contribution in [3.63, 3.8) is 0 Å². The van der Waals surface area contributed by atoms with E-state index in [4.69, 9.17) is 10.00 Å². The quantitative estimate of drug-likeness (QED) is 0.765. The summed E-state index contributed by atoms with van der Waals surface area (Å²) in [5.41, 5.74) is 1.14. The summed E-state index contributed by atoms with van der Waals surface area (Å²) in [7, 11) is 0. The number of halogens is 1. The fourth-order valence-electron chi connectivity index (χ4n) is 1.71. The minimum absolute atomic E-state index is 0.114. The lowest BCUT2D eigenvalue weighted by Gasteiger charge is -2.07. The van der Waals surface area contributed by atoms with Gasteiger partial charge in [0.2, 0.25) is 0 Å². The van der Waals surface area contributed by atoms with Crippen molar-refractivity contribution < 1.29 is 9.13 Å². The first-order valence-corrected chi connectivity index (χ1v) is 5.86. The maximum Gasteiger partial charge on any atom is 0.152 e. The Morgan fingerprint density at radius 3 is 3.05 bits per heavy atom. The van der Waals surface area contributed by atoms with Crippen LogP contribution in [0.5, 0.6) is 5.75 Å². The molecule has 0 saturated heterocycles. The van der Waals surface area contributed by atoms with E-state index in [2.05, 4.69) is 25.7 Å². The summed E-state index contributed by atoms with van der Waals surface area (Å²) in [6.07, 6.45) is 2.79. The summed E-state index contributed by atoms with van der Waals surface area (Å²) in [5, 5.41) is 25.6. The summed E-state index contributed by atoms with van der Waals surface area (Å²) in [4.78, 5) is 0. The molecule has 3 aromatic rings. The van der Waals surface area contributed by atoms with Crippen LogP contribution in [0.2, 0.25) is 0 Å². The highest BCUT2D eigenvalue weighted by molar-refractivity contribution is 5.38. The molecule has 0 aliphatic rings. The Morgan fingerprint density at radius 2 is 2.33 bits per heavy atom. The largest absolute Gasteiger partial charge is 0.489 e. The van der Waals surface area contributed by atoms with Crippen molar-refractivity contribution in [1.29, 1.82) is 5.26 Å². The molecule has 2 aromatic heterocycles. The van der Waals surface area contributed by atoms with E-state index in [1.54, 1.807) is 6.07 Å². The summed E-state index contributed by atoms with van der Waals surface area (Å²) < 4.78 is 20.6. The number of nitriles is 1. The van der Waals surface area contributed by atoms with E-state index in [9.17, 15) is 4.39 Å². The molecule has 3 rings (SSSR count). The van der Waals surface area contributed by atoms with Crippen molar-refractivity contribution in [3.8, 4) is 17.5 Å². The van der Waals surface area contributed by atoms with E-state index >= 15 is 0 Å². The molecule has 0 saturated carbocycles. The van der Waals surface area contributed by atoms with Gasteiger partial charge < -0.3 is 4.74 Å². The van der Waals surface area contributed by atoms with Gasteiger partial charge in [0.25, 0.3) is 0 Å². The number of benzene rings is 1. The predicted octanol–water partition coefficient (Wildman–Crippen LogP) is 0.975. The SMILES string of the molecule is N#Cc1[nH]ncc1COc1ccc(-n2cnnn2)c(F)c1. The summed E-state index contributed by atoms with van der Waals surface area (Å²) in [6.45, 7) is 0.114. The topological polar surface area (TPSA) is 105 Å². The van der Waals surface area contributed by atoms with Gasteiger partial charge in [0, 0.05) is 11.6 Å². The highest BCUT2D eigenvalue weighted by atomic mass is 19.1. The first-order valence-electron chi connectivity index (χ1n) is 5.86. The van der Waals surface area contributed by atoms with E-state index in [0.717, 1.165) is 0 Å². The third-order valence-electron chi connectivity index (χ3n) is 2.74. The number of nitrogens with zero attached hydrogens (tertiary/aromatic N) is 6. The molecule has 0 bridgehead atoms. The van der Waals surface area contributed by atoms with E-state index in [-0.39, 0.29) is 12.3 Å². The van der Waals surface area contributed by atoms with Gasteiger partial charge in [0.1, 0.15) is 36.1 Å². The summed E-state index contributed by atoms with van der Waals surface area (Å²) in [6, 6.07) is 6.27. The Hall–Kier alpha value is -3.28. The Balaban J connectivity index is 1.76. The number of aromatic amines is 1. The number of hydrogen-bond donors (Lipinski definition) is 1. The van der Waals surface area contributed by atoms with Gasteiger partial charge in [-0.05, 0) is 22.6 Å². The fourth-order valence-corrected chi connectivity index (χ4v) is 1.71. The Bertz CT molecular complexity index is 790. The number of ether oxygens (including phenoxy) is 1. The lowest BCUT2D eigenvalue weighted by atomic mass is 10.2. The molecule has 0 spiro atoms. The number of aromatic nitrogens is 6. The van der Waals surface area contributed by atoms with Crippen LogP contribution < -0.4 is 4.74 Å². The first kappa shape index (κ1) is 12.7. The van der Waals surface area contributed by atoms with Gasteiger partial charge in [-0.1, -0.05) is 0 Å². The summed E-state index contributed by atoms with van der Waals surface area (Å²) >= 11 is 0. The first-order chi connectivity index (χ1) is 10.3. The van der Waals surface area contributed by atoms with Crippen molar-refractivity contribution >= 4 is 0 Å². The van der Waals surface area contributed by atoms with Crippen LogP contribution >= 0.6 is 0 Å². The second-order valence-electron chi connectivity index (χ2n) is 4.04. The molecule has 2 heterocycles. The minimum Gasteiger partial charge on any atom is -0.489 e. The molecule has 0 atom stereocenters. The third kappa shape index (κ3) is 2.55. The van der Waals surface area contributed by atoms with E-state index in [1.165, 1.54) is 29.3 Å². The number of nitrogens with one attached hydrogen (secondary N) is 1. The van der Waals surface area contributed by atoms with Gasteiger partial charge in [-0.3, -0.25) is 5.10 Å². The van der Waals surface area contributed by atoms with E-state index in [0.29, 0.717) is 17.0 Å². The second-order valence-corrected chi connectivity index (χ2v) is 4.04. The molecule has 8 nitrogen and oxygen atoms in total. The van der Waals surface area contributed by atoms with Crippen LogP contribution in [0, 0.1) is 17.1 Å². The standard InChI is InChI=1S/C12H8FN7O/c13-10-3-9(1-2-12(10)20-7-16-18-19-20)21-6-8-5-15-17-11(8)4-14/h1-3,5,7H,6H2,(H,15,17). The number of hydrogen-bond acceptors (Lipinski definition) is 6. The lowest BCUT2D eigenvalue weighted by molar-refractivity contribution is 0.304. The molecule has 9 heteroatoms. The predicted molar refractivity (Wildman–Crippen MR) is 66.7 cm³/mol. The molecule has 21 heavy (non-hydrogen) atoms. The van der Waals surface area contributed by atoms with Gasteiger partial charge in [-0.15, -0.1) is 5.10 Å². The minimum atomic E-state index is -0.521. The molecule has 0 amide bonds. The van der Waals surface area contributed by atoms with Crippen LogP contribution in [0.15, 0.2) is 30.7 Å². The molecule has 104 valence electrons. The number of tetrazole rings is 1. The normalized spacial score (nSPS) is 10.3. The van der Waals surface area contributed by atoms with Crippen LogP contribution in [-0.2, 0) is 6.61 Å². The summed E-state index contributed by atoms with van der Waals surface area (Å²) in [5.74, 6) is -0.193. The third-order valence-corrected chi connectivity index (χ3v) is 2.74. The van der Waals surface area contributed by atoms with Crippen molar-refractivity contribution in [2.45, 2.75) is 6.61 Å². The smallest absolute Gasteiger partial charge is 0.152 e. The molecular weight excluding hydrogens is 277 g/mol. The zero-order valence-corrected chi connectivity index (χ0v) is 10.6. The fraction of sp³-hybridized carbons (Fsp3) is 0.0833. The highest BCUT2D eigenvalue weighted by Crippen LogP contribution is 2.20. The molecule has 0 fully saturated rings. The van der Waals surface area contributed by atoms with E-state index < -0.39 is 5.82 Å². The lowest BCUT2D eigenvalue weighted by Crippen LogP contribution is -2.01. The monoisotopic (exact) mass is 285 g/mol. The van der Waals surface area contributed by atoms with Gasteiger partial charge in [0.15, 0.2) is 5.82 Å². The Labute approximate surface area is 117 Å². The maximum atomic E-state index is 14.0. The zero-order chi connectivity index (χ0) is 14.7. The van der Waals surface area contributed by atoms with Crippen LogP contribution in [0.25, 0.3) is 5.69 Å². The highest BCUT2D eigenvalue weighted by Gasteiger charge is 2.09. The van der Waals surface area contributed by atoms with Crippen molar-refractivity contribution in [1.82, 2.24) is 30.4 Å². The molecule has 1 N–H and O–H groups in total. The average Bonchev–Trinajstić information content (AvgIpc) is 3.16. The Morgan fingerprint density at radius 1 is 1.43 bits per heavy atom. The molecule has 0 unspecified atom stereocenters. The number of H-pyrrole nitrogens is 1. The van der Waals surface area contributed by atoms with Crippen LogP contribution in [0.1, 0.15) is 11.3 Å². The van der Waals surface area contributed by atoms with Gasteiger partial charge >= 0.3 is 0 Å². The molecule has 0 aliphatic heterocycles. The van der Waals surface area contributed by atoms with Gasteiger partial charge in [-0.2, -0.15) is 15.0 Å². The molecular formula is C12H8FN7O. The van der Waals surface area contributed by atoms with Gasteiger partial charge in [0.05, 0.1) is 6.20 Å². The second kappa shape index (κ2) is 5.38. The van der Waals surface area contributed by atoms with Crippen molar-refractivity contribution in [3.05, 3.63) is 47.8 Å². The number of rotatable bonds is 4. The van der Waals surface area contributed by atoms with E-state index in [1.807, 2.05) is 6.07 Å².